The SMILES string of the molecule is COc1cccc2c(NCCCN(C)CCCN)c3oc4ccccc4c3nc12. The number of anilines is 1. The van der Waals surface area contributed by atoms with Crippen molar-refractivity contribution >= 4 is 38.7 Å². The van der Waals surface area contributed by atoms with E-state index in [4.69, 9.17) is 19.9 Å². The van der Waals surface area contributed by atoms with Crippen molar-refractivity contribution in [3.05, 3.63) is 42.5 Å². The molecular weight excluding hydrogens is 364 g/mol. The maximum atomic E-state index is 6.21. The summed E-state index contributed by atoms with van der Waals surface area (Å²) >= 11 is 0. The highest BCUT2D eigenvalue weighted by molar-refractivity contribution is 6.14. The lowest BCUT2D eigenvalue weighted by atomic mass is 10.1. The number of nitrogens with zero attached hydrogens (tertiary/aromatic N) is 2. The predicted molar refractivity (Wildman–Crippen MR) is 120 cm³/mol. The van der Waals surface area contributed by atoms with Crippen LogP contribution >= 0.6 is 0 Å². The molecule has 0 aliphatic rings. The minimum absolute atomic E-state index is 0.734. The Hall–Kier alpha value is -2.83. The number of furan rings is 1. The van der Waals surface area contributed by atoms with Crippen molar-refractivity contribution in [3.8, 4) is 5.75 Å². The third-order valence-electron chi connectivity index (χ3n) is 5.27. The second-order valence-electron chi connectivity index (χ2n) is 7.35. The smallest absolute Gasteiger partial charge is 0.177 e. The standard InChI is InChI=1S/C23H28N4O2/c1-27(14-6-12-24)15-7-13-25-21-17-9-5-11-19(28-2)20(17)26-22-16-8-3-4-10-18(16)29-23(21)22/h3-5,8-11H,6-7,12-15,24H2,1-2H3,(H,25,26). The minimum Gasteiger partial charge on any atom is -0.494 e. The van der Waals surface area contributed by atoms with Crippen LogP contribution in [0.3, 0.4) is 0 Å². The minimum atomic E-state index is 0.734. The molecule has 0 atom stereocenters. The largest absolute Gasteiger partial charge is 0.494 e. The Morgan fingerprint density at radius 1 is 1.03 bits per heavy atom. The Morgan fingerprint density at radius 2 is 1.83 bits per heavy atom. The Kier molecular flexibility index (Phi) is 5.83. The summed E-state index contributed by atoms with van der Waals surface area (Å²) in [6.07, 6.45) is 2.05. The third kappa shape index (κ3) is 3.86. The van der Waals surface area contributed by atoms with E-state index in [9.17, 15) is 0 Å². The Bertz CT molecular complexity index is 1120. The Labute approximate surface area is 170 Å². The van der Waals surface area contributed by atoms with E-state index in [0.29, 0.717) is 0 Å². The van der Waals surface area contributed by atoms with Gasteiger partial charge in [-0.05, 0) is 57.7 Å². The summed E-state index contributed by atoms with van der Waals surface area (Å²) in [5.41, 5.74) is 9.92. The summed E-state index contributed by atoms with van der Waals surface area (Å²) in [6.45, 7) is 3.62. The molecule has 4 rings (SSSR count). The fraction of sp³-hybridized carbons (Fsp3) is 0.348. The number of methoxy groups -OCH3 is 1. The molecule has 0 fully saturated rings. The molecule has 6 nitrogen and oxygen atoms in total. The maximum Gasteiger partial charge on any atom is 0.177 e. The van der Waals surface area contributed by atoms with Crippen LogP contribution in [0.4, 0.5) is 5.69 Å². The average molecular weight is 393 g/mol. The second kappa shape index (κ2) is 8.68. The molecular formula is C23H28N4O2. The molecule has 2 heterocycles. The first kappa shape index (κ1) is 19.5. The predicted octanol–water partition coefficient (Wildman–Crippen LogP) is 4.23. The molecule has 0 saturated heterocycles. The highest BCUT2D eigenvalue weighted by atomic mass is 16.5. The van der Waals surface area contributed by atoms with E-state index in [0.717, 1.165) is 83.4 Å². The molecule has 0 unspecified atom stereocenters. The topological polar surface area (TPSA) is 76.5 Å². The lowest BCUT2D eigenvalue weighted by Crippen LogP contribution is -2.24. The molecule has 0 spiro atoms. The molecule has 0 amide bonds. The van der Waals surface area contributed by atoms with Gasteiger partial charge in [0.05, 0.1) is 12.8 Å². The number of para-hydroxylation sites is 2. The van der Waals surface area contributed by atoms with Crippen molar-refractivity contribution in [1.82, 2.24) is 9.88 Å². The van der Waals surface area contributed by atoms with Gasteiger partial charge in [0, 0.05) is 17.3 Å². The molecule has 3 N–H and O–H groups in total. The van der Waals surface area contributed by atoms with E-state index in [1.807, 2.05) is 36.4 Å². The third-order valence-corrected chi connectivity index (χ3v) is 5.27. The first-order chi connectivity index (χ1) is 14.2. The lowest BCUT2D eigenvalue weighted by molar-refractivity contribution is 0.330. The van der Waals surface area contributed by atoms with Gasteiger partial charge in [0.2, 0.25) is 0 Å². The van der Waals surface area contributed by atoms with Gasteiger partial charge >= 0.3 is 0 Å². The van der Waals surface area contributed by atoms with Crippen molar-refractivity contribution in [3.63, 3.8) is 0 Å². The normalized spacial score (nSPS) is 11.7. The number of nitrogens with two attached hydrogens (primary N) is 1. The van der Waals surface area contributed by atoms with Gasteiger partial charge in [0.25, 0.3) is 0 Å². The van der Waals surface area contributed by atoms with Gasteiger partial charge in [-0.15, -0.1) is 0 Å². The van der Waals surface area contributed by atoms with Crippen LogP contribution in [0.1, 0.15) is 12.8 Å². The fourth-order valence-corrected chi connectivity index (χ4v) is 3.76. The van der Waals surface area contributed by atoms with Crippen LogP contribution < -0.4 is 15.8 Å². The number of nitrogens with one attached hydrogen (secondary N) is 1. The van der Waals surface area contributed by atoms with Crippen molar-refractivity contribution in [2.24, 2.45) is 5.73 Å². The molecule has 2 aromatic carbocycles. The van der Waals surface area contributed by atoms with Crippen molar-refractivity contribution in [2.45, 2.75) is 12.8 Å². The summed E-state index contributed by atoms with van der Waals surface area (Å²) in [7, 11) is 3.82. The number of aromatic nitrogens is 1. The van der Waals surface area contributed by atoms with Crippen LogP contribution in [0.5, 0.6) is 5.75 Å². The quantitative estimate of drug-likeness (QED) is 0.415. The van der Waals surface area contributed by atoms with E-state index in [1.165, 1.54) is 0 Å². The monoisotopic (exact) mass is 392 g/mol. The summed E-state index contributed by atoms with van der Waals surface area (Å²) < 4.78 is 11.8. The average Bonchev–Trinajstić information content (AvgIpc) is 3.12. The molecule has 0 aliphatic heterocycles. The number of fused-ring (bicyclic) bond motifs is 4. The highest BCUT2D eigenvalue weighted by Crippen LogP contribution is 2.39. The van der Waals surface area contributed by atoms with Gasteiger partial charge in [-0.2, -0.15) is 0 Å². The Balaban J connectivity index is 1.70. The maximum absolute atomic E-state index is 6.21. The van der Waals surface area contributed by atoms with E-state index in [1.54, 1.807) is 7.11 Å². The van der Waals surface area contributed by atoms with Crippen molar-refractivity contribution in [2.75, 3.05) is 45.7 Å². The van der Waals surface area contributed by atoms with Crippen LogP contribution in [-0.2, 0) is 0 Å². The first-order valence-corrected chi connectivity index (χ1v) is 10.1. The molecule has 2 aromatic heterocycles. The van der Waals surface area contributed by atoms with E-state index in [-0.39, 0.29) is 0 Å². The summed E-state index contributed by atoms with van der Waals surface area (Å²) in [4.78, 5) is 7.23. The fourth-order valence-electron chi connectivity index (χ4n) is 3.76. The van der Waals surface area contributed by atoms with Crippen LogP contribution in [0.25, 0.3) is 33.0 Å². The number of hydrogen-bond donors (Lipinski definition) is 2. The van der Waals surface area contributed by atoms with Gasteiger partial charge in [-0.25, -0.2) is 4.98 Å². The second-order valence-corrected chi connectivity index (χ2v) is 7.35. The molecule has 6 heteroatoms. The first-order valence-electron chi connectivity index (χ1n) is 10.1. The molecule has 0 aliphatic carbocycles. The van der Waals surface area contributed by atoms with E-state index in [2.05, 4.69) is 23.3 Å². The van der Waals surface area contributed by atoms with Gasteiger partial charge in [0.15, 0.2) is 5.58 Å². The van der Waals surface area contributed by atoms with Gasteiger partial charge in [0.1, 0.15) is 22.4 Å². The van der Waals surface area contributed by atoms with Crippen molar-refractivity contribution in [1.29, 1.82) is 0 Å². The lowest BCUT2D eigenvalue weighted by Gasteiger charge is -2.17. The zero-order valence-corrected chi connectivity index (χ0v) is 17.1. The number of benzene rings is 2. The van der Waals surface area contributed by atoms with Gasteiger partial charge in [-0.1, -0.05) is 24.3 Å². The number of ether oxygens (including phenoxy) is 1. The van der Waals surface area contributed by atoms with Gasteiger partial charge in [-0.3, -0.25) is 0 Å². The number of hydrogen-bond acceptors (Lipinski definition) is 6. The highest BCUT2D eigenvalue weighted by Gasteiger charge is 2.18. The zero-order chi connectivity index (χ0) is 20.2. The van der Waals surface area contributed by atoms with E-state index < -0.39 is 0 Å². The summed E-state index contributed by atoms with van der Waals surface area (Å²) in [5.74, 6) is 0.763. The molecule has 0 saturated carbocycles. The molecule has 152 valence electrons. The number of rotatable bonds is 9. The number of pyridine rings is 1. The Morgan fingerprint density at radius 3 is 2.66 bits per heavy atom. The van der Waals surface area contributed by atoms with Crippen molar-refractivity contribution < 1.29 is 9.15 Å². The van der Waals surface area contributed by atoms with Crippen LogP contribution in [0.2, 0.25) is 0 Å². The molecule has 4 aromatic rings. The molecule has 0 bridgehead atoms. The van der Waals surface area contributed by atoms with Crippen LogP contribution in [-0.4, -0.2) is 50.2 Å². The zero-order valence-electron chi connectivity index (χ0n) is 17.1. The van der Waals surface area contributed by atoms with E-state index >= 15 is 0 Å². The van der Waals surface area contributed by atoms with Gasteiger partial charge < -0.3 is 25.1 Å². The van der Waals surface area contributed by atoms with Crippen LogP contribution in [0.15, 0.2) is 46.9 Å². The summed E-state index contributed by atoms with van der Waals surface area (Å²) in [5, 5.41) is 5.63. The van der Waals surface area contributed by atoms with Crippen LogP contribution in [0, 0.1) is 0 Å². The summed E-state index contributed by atoms with van der Waals surface area (Å²) in [6, 6.07) is 14.0. The molecule has 0 radical (unpaired) electrons. The molecule has 29 heavy (non-hydrogen) atoms.